The van der Waals surface area contributed by atoms with Gasteiger partial charge in [0.25, 0.3) is 0 Å². The molecule has 2 aliphatic carbocycles. The molecule has 0 amide bonds. The Hall–Kier alpha value is -0.300. The van der Waals surface area contributed by atoms with Gasteiger partial charge in [0.05, 0.1) is 5.60 Å². The van der Waals surface area contributed by atoms with Crippen molar-refractivity contribution >= 4 is 0 Å². The summed E-state index contributed by atoms with van der Waals surface area (Å²) < 4.78 is 0. The quantitative estimate of drug-likeness (QED) is 0.667. The molecule has 0 heterocycles. The van der Waals surface area contributed by atoms with E-state index >= 15 is 0 Å². The molecule has 3 atom stereocenters. The Morgan fingerprint density at radius 1 is 1.31 bits per heavy atom. The van der Waals surface area contributed by atoms with Crippen molar-refractivity contribution in [1.29, 1.82) is 0 Å². The van der Waals surface area contributed by atoms with Crippen molar-refractivity contribution in [3.63, 3.8) is 0 Å². The number of hydrogen-bond acceptors (Lipinski definition) is 1. The van der Waals surface area contributed by atoms with Gasteiger partial charge in [0.2, 0.25) is 0 Å². The number of fused-ring (bicyclic) bond motifs is 1. The zero-order valence-corrected chi connectivity index (χ0v) is 11.2. The van der Waals surface area contributed by atoms with Gasteiger partial charge < -0.3 is 5.11 Å². The summed E-state index contributed by atoms with van der Waals surface area (Å²) in [7, 11) is 0. The second-order valence-electron chi connectivity index (χ2n) is 6.76. The van der Waals surface area contributed by atoms with E-state index in [1.807, 2.05) is 0 Å². The highest BCUT2D eigenvalue weighted by atomic mass is 16.3. The molecule has 2 rings (SSSR count). The van der Waals surface area contributed by atoms with Crippen LogP contribution < -0.4 is 0 Å². The van der Waals surface area contributed by atoms with Gasteiger partial charge in [-0.25, -0.2) is 0 Å². The predicted octanol–water partition coefficient (Wildman–Crippen LogP) is 3.92. The normalized spacial score (nSPS) is 44.1. The summed E-state index contributed by atoms with van der Waals surface area (Å²) in [5.74, 6) is 1.11. The number of allylic oxidation sites excluding steroid dienone is 2. The van der Waals surface area contributed by atoms with Crippen molar-refractivity contribution in [1.82, 2.24) is 0 Å². The first-order valence-corrected chi connectivity index (χ1v) is 6.76. The molecule has 0 spiro atoms. The molecule has 1 saturated carbocycles. The Bertz CT molecular complexity index is 301. The van der Waals surface area contributed by atoms with Gasteiger partial charge >= 0.3 is 0 Å². The fourth-order valence-corrected chi connectivity index (χ4v) is 3.81. The van der Waals surface area contributed by atoms with Crippen LogP contribution in [0, 0.1) is 17.3 Å². The Morgan fingerprint density at radius 3 is 2.62 bits per heavy atom. The van der Waals surface area contributed by atoms with E-state index in [0.29, 0.717) is 17.3 Å². The van der Waals surface area contributed by atoms with Gasteiger partial charge in [-0.1, -0.05) is 38.8 Å². The molecule has 1 heteroatoms. The van der Waals surface area contributed by atoms with Gasteiger partial charge in [-0.05, 0) is 49.9 Å². The summed E-state index contributed by atoms with van der Waals surface area (Å²) >= 11 is 0. The Kier molecular flexibility index (Phi) is 2.94. The second kappa shape index (κ2) is 3.87. The van der Waals surface area contributed by atoms with Crippen molar-refractivity contribution in [3.05, 3.63) is 11.6 Å². The standard InChI is InChI=1S/C15H26O/c1-11(2)12-6-9-14(3)7-5-8-15(4,16)13(14)10-12/h6,11,13,16H,5,7-10H2,1-4H3/t13-,14-,15-/m1/s1. The summed E-state index contributed by atoms with van der Waals surface area (Å²) in [5.41, 5.74) is 1.46. The first-order valence-electron chi connectivity index (χ1n) is 6.76. The monoisotopic (exact) mass is 222 g/mol. The van der Waals surface area contributed by atoms with Crippen LogP contribution in [-0.4, -0.2) is 10.7 Å². The van der Waals surface area contributed by atoms with E-state index in [0.717, 1.165) is 12.8 Å². The molecule has 0 radical (unpaired) electrons. The fraction of sp³-hybridized carbons (Fsp3) is 0.867. The van der Waals surface area contributed by atoms with E-state index in [4.69, 9.17) is 0 Å². The topological polar surface area (TPSA) is 20.2 Å². The van der Waals surface area contributed by atoms with E-state index < -0.39 is 5.60 Å². The molecule has 1 fully saturated rings. The van der Waals surface area contributed by atoms with E-state index in [1.165, 1.54) is 19.3 Å². The zero-order valence-electron chi connectivity index (χ0n) is 11.2. The van der Waals surface area contributed by atoms with Gasteiger partial charge in [0.15, 0.2) is 0 Å². The van der Waals surface area contributed by atoms with Crippen LogP contribution in [0.3, 0.4) is 0 Å². The molecule has 0 aromatic carbocycles. The minimum atomic E-state index is -0.443. The van der Waals surface area contributed by atoms with Crippen LogP contribution >= 0.6 is 0 Å². The molecule has 0 aromatic rings. The van der Waals surface area contributed by atoms with Crippen LogP contribution in [0.1, 0.15) is 59.8 Å². The average molecular weight is 222 g/mol. The van der Waals surface area contributed by atoms with Gasteiger partial charge in [0, 0.05) is 0 Å². The lowest BCUT2D eigenvalue weighted by Crippen LogP contribution is -2.49. The summed E-state index contributed by atoms with van der Waals surface area (Å²) in [6, 6.07) is 0. The average Bonchev–Trinajstić information content (AvgIpc) is 2.15. The summed E-state index contributed by atoms with van der Waals surface area (Å²) in [5, 5.41) is 10.6. The van der Waals surface area contributed by atoms with Crippen LogP contribution in [0.15, 0.2) is 11.6 Å². The van der Waals surface area contributed by atoms with Crippen LogP contribution in [0.5, 0.6) is 0 Å². The maximum absolute atomic E-state index is 10.6. The minimum absolute atomic E-state index is 0.347. The van der Waals surface area contributed by atoms with E-state index in [-0.39, 0.29) is 0 Å². The first-order chi connectivity index (χ1) is 7.35. The molecule has 0 aromatic heterocycles. The number of rotatable bonds is 1. The lowest BCUT2D eigenvalue weighted by molar-refractivity contribution is -0.0980. The predicted molar refractivity (Wildman–Crippen MR) is 68.2 cm³/mol. The van der Waals surface area contributed by atoms with Crippen LogP contribution in [-0.2, 0) is 0 Å². The van der Waals surface area contributed by atoms with Gasteiger partial charge in [0.1, 0.15) is 0 Å². The van der Waals surface area contributed by atoms with Crippen molar-refractivity contribution < 1.29 is 5.11 Å². The van der Waals surface area contributed by atoms with Crippen LogP contribution in [0.25, 0.3) is 0 Å². The first kappa shape index (κ1) is 12.2. The summed E-state index contributed by atoms with van der Waals surface area (Å²) in [6.07, 6.45) is 8.18. The van der Waals surface area contributed by atoms with E-state index in [1.54, 1.807) is 5.57 Å². The second-order valence-corrected chi connectivity index (χ2v) is 6.76. The smallest absolute Gasteiger partial charge is 0.0656 e. The summed E-state index contributed by atoms with van der Waals surface area (Å²) in [4.78, 5) is 0. The lowest BCUT2D eigenvalue weighted by Gasteiger charge is -2.52. The minimum Gasteiger partial charge on any atom is -0.390 e. The Balaban J connectivity index is 2.27. The molecule has 92 valence electrons. The molecule has 2 aliphatic rings. The van der Waals surface area contributed by atoms with Crippen molar-refractivity contribution in [2.75, 3.05) is 0 Å². The zero-order chi connectivity index (χ0) is 12.0. The number of hydrogen-bond donors (Lipinski definition) is 1. The van der Waals surface area contributed by atoms with E-state index in [2.05, 4.69) is 33.8 Å². The molecule has 16 heavy (non-hydrogen) atoms. The number of aliphatic hydroxyl groups is 1. The highest BCUT2D eigenvalue weighted by Gasteiger charge is 2.49. The van der Waals surface area contributed by atoms with Crippen molar-refractivity contribution in [2.45, 2.75) is 65.4 Å². The fourth-order valence-electron chi connectivity index (χ4n) is 3.81. The van der Waals surface area contributed by atoms with Gasteiger partial charge in [-0.15, -0.1) is 0 Å². The largest absolute Gasteiger partial charge is 0.390 e. The highest BCUT2D eigenvalue weighted by Crippen LogP contribution is 2.54. The third kappa shape index (κ3) is 1.95. The Labute approximate surface area is 99.9 Å². The van der Waals surface area contributed by atoms with Crippen molar-refractivity contribution in [3.8, 4) is 0 Å². The SMILES string of the molecule is CC(C)C1=CC[C@@]2(C)CCC[C@@](C)(O)[C@@H]2C1. The molecule has 0 aliphatic heterocycles. The van der Waals surface area contributed by atoms with E-state index in [9.17, 15) is 5.11 Å². The third-order valence-corrected chi connectivity index (χ3v) is 5.03. The third-order valence-electron chi connectivity index (χ3n) is 5.03. The van der Waals surface area contributed by atoms with Crippen molar-refractivity contribution in [2.24, 2.45) is 17.3 Å². The molecule has 0 unspecified atom stereocenters. The highest BCUT2D eigenvalue weighted by molar-refractivity contribution is 5.17. The molecular formula is C15H26O. The molecule has 1 nitrogen and oxygen atoms in total. The Morgan fingerprint density at radius 2 is 2.00 bits per heavy atom. The molecule has 0 bridgehead atoms. The van der Waals surface area contributed by atoms with Crippen LogP contribution in [0.2, 0.25) is 0 Å². The maximum Gasteiger partial charge on any atom is 0.0656 e. The molecule has 1 N–H and O–H groups in total. The molecule has 0 saturated heterocycles. The van der Waals surface area contributed by atoms with Crippen LogP contribution in [0.4, 0.5) is 0 Å². The maximum atomic E-state index is 10.6. The van der Waals surface area contributed by atoms with Gasteiger partial charge in [-0.2, -0.15) is 0 Å². The molecular weight excluding hydrogens is 196 g/mol. The van der Waals surface area contributed by atoms with Gasteiger partial charge in [-0.3, -0.25) is 0 Å². The lowest BCUT2D eigenvalue weighted by atomic mass is 9.55. The summed E-state index contributed by atoms with van der Waals surface area (Å²) in [6.45, 7) is 8.97.